The minimum atomic E-state index is 0.411. The molecule has 0 N–H and O–H groups in total. The fourth-order valence-electron chi connectivity index (χ4n) is 2.18. The number of hydrogen-bond acceptors (Lipinski definition) is 2. The average Bonchev–Trinajstić information content (AvgIpc) is 2.12. The number of piperidine rings is 1. The van der Waals surface area contributed by atoms with Gasteiger partial charge in [0.15, 0.2) is 0 Å². The van der Waals surface area contributed by atoms with Gasteiger partial charge in [-0.1, -0.05) is 13.8 Å². The summed E-state index contributed by atoms with van der Waals surface area (Å²) in [6.07, 6.45) is 4.30. The normalized spacial score (nSPS) is 29.1. The second-order valence-corrected chi connectivity index (χ2v) is 4.75. The first-order valence-electron chi connectivity index (χ1n) is 5.89. The Morgan fingerprint density at radius 2 is 2.07 bits per heavy atom. The molecule has 0 saturated carbocycles. The lowest BCUT2D eigenvalue weighted by molar-refractivity contribution is -0.121. The van der Waals surface area contributed by atoms with Gasteiger partial charge < -0.3 is 0 Å². The van der Waals surface area contributed by atoms with Crippen LogP contribution in [0.1, 0.15) is 46.5 Å². The largest absolute Gasteiger partial charge is 0.298 e. The second kappa shape index (κ2) is 5.50. The molecule has 1 aliphatic heterocycles. The van der Waals surface area contributed by atoms with Crippen LogP contribution in [0.5, 0.6) is 0 Å². The van der Waals surface area contributed by atoms with Gasteiger partial charge in [0.2, 0.25) is 0 Å². The molecule has 0 aromatic rings. The number of rotatable bonds is 4. The number of likely N-dealkylation sites (tertiary alicyclic amines) is 1. The Balaban J connectivity index is 2.37. The highest BCUT2D eigenvalue weighted by atomic mass is 16.1. The van der Waals surface area contributed by atoms with Crippen molar-refractivity contribution in [3.05, 3.63) is 0 Å². The standard InChI is InChI=1S/C12H23NO/c1-4-5-12(14)9-13-8-10(2)6-7-11(13)3/h10-11H,4-9H2,1-3H3. The van der Waals surface area contributed by atoms with Crippen LogP contribution in [0.15, 0.2) is 0 Å². The van der Waals surface area contributed by atoms with Crippen molar-refractivity contribution in [1.82, 2.24) is 4.90 Å². The van der Waals surface area contributed by atoms with Crippen LogP contribution in [0.2, 0.25) is 0 Å². The zero-order valence-corrected chi connectivity index (χ0v) is 9.75. The van der Waals surface area contributed by atoms with E-state index in [0.717, 1.165) is 25.3 Å². The number of ketones is 1. The van der Waals surface area contributed by atoms with Crippen LogP contribution in [-0.4, -0.2) is 29.8 Å². The molecule has 14 heavy (non-hydrogen) atoms. The molecule has 1 aliphatic rings. The highest BCUT2D eigenvalue weighted by Gasteiger charge is 2.23. The van der Waals surface area contributed by atoms with Gasteiger partial charge in [0.25, 0.3) is 0 Å². The van der Waals surface area contributed by atoms with E-state index in [4.69, 9.17) is 0 Å². The lowest BCUT2D eigenvalue weighted by atomic mass is 9.95. The Hall–Kier alpha value is -0.370. The molecule has 0 aromatic heterocycles. The molecule has 0 radical (unpaired) electrons. The first-order valence-corrected chi connectivity index (χ1v) is 5.89. The van der Waals surface area contributed by atoms with Crippen molar-refractivity contribution in [2.45, 2.75) is 52.5 Å². The molecule has 1 heterocycles. The van der Waals surface area contributed by atoms with E-state index in [1.165, 1.54) is 12.8 Å². The smallest absolute Gasteiger partial charge is 0.146 e. The Morgan fingerprint density at radius 1 is 1.36 bits per heavy atom. The van der Waals surface area contributed by atoms with Gasteiger partial charge >= 0.3 is 0 Å². The van der Waals surface area contributed by atoms with Crippen molar-refractivity contribution in [3.63, 3.8) is 0 Å². The first kappa shape index (κ1) is 11.7. The third-order valence-corrected chi connectivity index (χ3v) is 3.16. The Kier molecular flexibility index (Phi) is 4.59. The SMILES string of the molecule is CCCC(=O)CN1CC(C)CCC1C. The van der Waals surface area contributed by atoms with Gasteiger partial charge in [-0.05, 0) is 32.1 Å². The molecule has 2 nitrogen and oxygen atoms in total. The minimum Gasteiger partial charge on any atom is -0.298 e. The van der Waals surface area contributed by atoms with Gasteiger partial charge in [-0.25, -0.2) is 0 Å². The van der Waals surface area contributed by atoms with Crippen molar-refractivity contribution in [1.29, 1.82) is 0 Å². The maximum absolute atomic E-state index is 11.5. The van der Waals surface area contributed by atoms with Gasteiger partial charge in [0.05, 0.1) is 6.54 Å². The molecule has 2 unspecified atom stereocenters. The van der Waals surface area contributed by atoms with Crippen molar-refractivity contribution in [2.75, 3.05) is 13.1 Å². The lowest BCUT2D eigenvalue weighted by Gasteiger charge is -2.36. The average molecular weight is 197 g/mol. The second-order valence-electron chi connectivity index (χ2n) is 4.75. The highest BCUT2D eigenvalue weighted by Crippen LogP contribution is 2.20. The summed E-state index contributed by atoms with van der Waals surface area (Å²) in [5.74, 6) is 1.18. The van der Waals surface area contributed by atoms with Crippen molar-refractivity contribution in [2.24, 2.45) is 5.92 Å². The fraction of sp³-hybridized carbons (Fsp3) is 0.917. The summed E-state index contributed by atoms with van der Waals surface area (Å²) >= 11 is 0. The Bertz CT molecular complexity index is 191. The molecule has 1 saturated heterocycles. The van der Waals surface area contributed by atoms with Gasteiger partial charge in [0, 0.05) is 19.0 Å². The van der Waals surface area contributed by atoms with E-state index < -0.39 is 0 Å². The molecule has 0 spiro atoms. The number of carbonyl (C=O) groups is 1. The topological polar surface area (TPSA) is 20.3 Å². The molecule has 0 amide bonds. The van der Waals surface area contributed by atoms with E-state index >= 15 is 0 Å². The first-order chi connectivity index (χ1) is 6.63. The Morgan fingerprint density at radius 3 is 2.71 bits per heavy atom. The molecular weight excluding hydrogens is 174 g/mol. The number of nitrogens with zero attached hydrogens (tertiary/aromatic N) is 1. The van der Waals surface area contributed by atoms with Gasteiger partial charge in [-0.3, -0.25) is 9.69 Å². The summed E-state index contributed by atoms with van der Waals surface area (Å²) in [5.41, 5.74) is 0. The summed E-state index contributed by atoms with van der Waals surface area (Å²) in [6, 6.07) is 0.604. The van der Waals surface area contributed by atoms with Crippen LogP contribution in [0.25, 0.3) is 0 Å². The molecule has 1 fully saturated rings. The van der Waals surface area contributed by atoms with Gasteiger partial charge in [-0.2, -0.15) is 0 Å². The van der Waals surface area contributed by atoms with E-state index in [1.807, 2.05) is 0 Å². The molecular formula is C12H23NO. The van der Waals surface area contributed by atoms with E-state index in [0.29, 0.717) is 18.4 Å². The summed E-state index contributed by atoms with van der Waals surface area (Å²) < 4.78 is 0. The van der Waals surface area contributed by atoms with Crippen LogP contribution in [0.4, 0.5) is 0 Å². The van der Waals surface area contributed by atoms with Crippen molar-refractivity contribution >= 4 is 5.78 Å². The molecule has 0 aromatic carbocycles. The lowest BCUT2D eigenvalue weighted by Crippen LogP contribution is -2.43. The van der Waals surface area contributed by atoms with Crippen LogP contribution in [0, 0.1) is 5.92 Å². The van der Waals surface area contributed by atoms with E-state index in [1.54, 1.807) is 0 Å². The number of carbonyl (C=O) groups excluding carboxylic acids is 1. The van der Waals surface area contributed by atoms with Crippen LogP contribution in [0.3, 0.4) is 0 Å². The van der Waals surface area contributed by atoms with Gasteiger partial charge in [-0.15, -0.1) is 0 Å². The molecule has 0 bridgehead atoms. The summed E-state index contributed by atoms with van der Waals surface area (Å²) in [7, 11) is 0. The van der Waals surface area contributed by atoms with Crippen molar-refractivity contribution < 1.29 is 4.79 Å². The monoisotopic (exact) mass is 197 g/mol. The highest BCUT2D eigenvalue weighted by molar-refractivity contribution is 5.80. The van der Waals surface area contributed by atoms with Crippen LogP contribution < -0.4 is 0 Å². The minimum absolute atomic E-state index is 0.411. The fourth-order valence-corrected chi connectivity index (χ4v) is 2.18. The summed E-state index contributed by atoms with van der Waals surface area (Å²) in [5, 5.41) is 0. The predicted molar refractivity (Wildman–Crippen MR) is 59.3 cm³/mol. The van der Waals surface area contributed by atoms with Gasteiger partial charge in [0.1, 0.15) is 5.78 Å². The van der Waals surface area contributed by atoms with Crippen LogP contribution >= 0.6 is 0 Å². The van der Waals surface area contributed by atoms with E-state index in [9.17, 15) is 4.79 Å². The number of hydrogen-bond donors (Lipinski definition) is 0. The van der Waals surface area contributed by atoms with Crippen molar-refractivity contribution in [3.8, 4) is 0 Å². The van der Waals surface area contributed by atoms with E-state index in [-0.39, 0.29) is 0 Å². The Labute approximate surface area is 87.7 Å². The predicted octanol–water partition coefficient (Wildman–Crippen LogP) is 2.48. The van der Waals surface area contributed by atoms with E-state index in [2.05, 4.69) is 25.7 Å². The van der Waals surface area contributed by atoms with Crippen LogP contribution in [-0.2, 0) is 4.79 Å². The molecule has 1 rings (SSSR count). The quantitative estimate of drug-likeness (QED) is 0.690. The maximum Gasteiger partial charge on any atom is 0.146 e. The molecule has 2 heteroatoms. The molecule has 2 atom stereocenters. The summed E-state index contributed by atoms with van der Waals surface area (Å²) in [6.45, 7) is 8.38. The zero-order chi connectivity index (χ0) is 10.6. The third kappa shape index (κ3) is 3.41. The number of Topliss-reactive ketones (excluding diaryl/α,β-unsaturated/α-hetero) is 1. The summed E-state index contributed by atoms with van der Waals surface area (Å²) in [4.78, 5) is 13.9. The molecule has 82 valence electrons. The maximum atomic E-state index is 11.5. The molecule has 0 aliphatic carbocycles. The zero-order valence-electron chi connectivity index (χ0n) is 9.75. The third-order valence-electron chi connectivity index (χ3n) is 3.16.